The van der Waals surface area contributed by atoms with Crippen molar-refractivity contribution < 1.29 is 13.2 Å². The van der Waals surface area contributed by atoms with Crippen LogP contribution in [0.3, 0.4) is 0 Å². The highest BCUT2D eigenvalue weighted by atomic mass is 32.2. The van der Waals surface area contributed by atoms with E-state index in [-0.39, 0.29) is 0 Å². The van der Waals surface area contributed by atoms with Crippen molar-refractivity contribution in [3.05, 3.63) is 53.6 Å². The fourth-order valence-electron chi connectivity index (χ4n) is 2.67. The molecule has 0 aliphatic carbocycles. The van der Waals surface area contributed by atoms with Crippen LogP contribution in [0, 0.1) is 6.92 Å². The summed E-state index contributed by atoms with van der Waals surface area (Å²) in [6.07, 6.45) is 0.421. The largest absolute Gasteiger partial charge is 0.497 e. The number of rotatable bonds is 7. The molecule has 0 aliphatic heterocycles. The number of hydrogen-bond donors (Lipinski definition) is 1. The van der Waals surface area contributed by atoms with Crippen molar-refractivity contribution in [2.24, 2.45) is 5.14 Å². The molecule has 0 spiro atoms. The highest BCUT2D eigenvalue weighted by Gasteiger charge is 2.23. The quantitative estimate of drug-likeness (QED) is 0.595. The van der Waals surface area contributed by atoms with Crippen LogP contribution >= 0.6 is 23.1 Å². The van der Waals surface area contributed by atoms with Gasteiger partial charge < -0.3 is 4.74 Å². The Kier molecular flexibility index (Phi) is 5.86. The summed E-state index contributed by atoms with van der Waals surface area (Å²) in [6.45, 7) is 2.04. The van der Waals surface area contributed by atoms with Crippen molar-refractivity contribution >= 4 is 43.3 Å². The summed E-state index contributed by atoms with van der Waals surface area (Å²) in [5.74, 6) is 1.30. The molecular formula is C18H20N2O3S3. The average Bonchev–Trinajstić information content (AvgIpc) is 2.99. The number of aromatic nitrogens is 1. The van der Waals surface area contributed by atoms with E-state index in [9.17, 15) is 8.42 Å². The molecule has 2 aromatic carbocycles. The summed E-state index contributed by atoms with van der Waals surface area (Å²) in [5.41, 5.74) is 2.83. The standard InChI is InChI=1S/C18H20N2O3S3/c1-12-3-8-16-15(11-12)20-18(25-16)24-10-9-17(26(19,21)22)13-4-6-14(23-2)7-5-13/h3-8,11,17H,9-10H2,1-2H3,(H2,19,21,22). The molecule has 1 aromatic heterocycles. The molecule has 0 saturated carbocycles. The molecule has 0 fully saturated rings. The van der Waals surface area contributed by atoms with Crippen LogP contribution in [0.1, 0.15) is 22.8 Å². The second-order valence-electron chi connectivity index (χ2n) is 5.94. The minimum atomic E-state index is -3.69. The van der Waals surface area contributed by atoms with Gasteiger partial charge in [0, 0.05) is 5.75 Å². The van der Waals surface area contributed by atoms with Crippen LogP contribution < -0.4 is 9.88 Å². The van der Waals surface area contributed by atoms with E-state index < -0.39 is 15.3 Å². The van der Waals surface area contributed by atoms with Gasteiger partial charge in [-0.25, -0.2) is 18.5 Å². The van der Waals surface area contributed by atoms with Gasteiger partial charge in [-0.05, 0) is 48.7 Å². The number of nitrogens with two attached hydrogens (primary N) is 1. The second kappa shape index (κ2) is 7.96. The smallest absolute Gasteiger partial charge is 0.216 e. The lowest BCUT2D eigenvalue weighted by molar-refractivity contribution is 0.414. The topological polar surface area (TPSA) is 82.3 Å². The molecule has 26 heavy (non-hydrogen) atoms. The Morgan fingerprint density at radius 1 is 1.23 bits per heavy atom. The highest BCUT2D eigenvalue weighted by molar-refractivity contribution is 8.01. The lowest BCUT2D eigenvalue weighted by Gasteiger charge is -2.15. The lowest BCUT2D eigenvalue weighted by atomic mass is 10.1. The van der Waals surface area contributed by atoms with Gasteiger partial charge in [-0.1, -0.05) is 30.0 Å². The van der Waals surface area contributed by atoms with Gasteiger partial charge in [0.2, 0.25) is 10.0 Å². The maximum atomic E-state index is 12.0. The number of ether oxygens (including phenoxy) is 1. The molecule has 0 radical (unpaired) electrons. The van der Waals surface area contributed by atoms with E-state index in [1.54, 1.807) is 54.5 Å². The van der Waals surface area contributed by atoms with Crippen LogP contribution in [-0.2, 0) is 10.0 Å². The van der Waals surface area contributed by atoms with E-state index in [0.717, 1.165) is 14.6 Å². The first-order valence-electron chi connectivity index (χ1n) is 8.02. The van der Waals surface area contributed by atoms with Crippen LogP contribution in [0.25, 0.3) is 10.2 Å². The first-order valence-corrected chi connectivity index (χ1v) is 11.4. The zero-order chi connectivity index (χ0) is 18.7. The van der Waals surface area contributed by atoms with Crippen molar-refractivity contribution in [2.75, 3.05) is 12.9 Å². The summed E-state index contributed by atoms with van der Waals surface area (Å²) >= 11 is 3.18. The number of sulfonamides is 1. The molecule has 0 bridgehead atoms. The summed E-state index contributed by atoms with van der Waals surface area (Å²) in [6, 6.07) is 13.2. The third kappa shape index (κ3) is 4.56. The molecule has 3 aromatic rings. The van der Waals surface area contributed by atoms with E-state index in [0.29, 0.717) is 23.5 Å². The number of methoxy groups -OCH3 is 1. The van der Waals surface area contributed by atoms with Gasteiger partial charge in [0.25, 0.3) is 0 Å². The van der Waals surface area contributed by atoms with Gasteiger partial charge in [-0.3, -0.25) is 0 Å². The predicted octanol–water partition coefficient (Wildman–Crippen LogP) is 4.13. The number of benzene rings is 2. The van der Waals surface area contributed by atoms with Crippen LogP contribution in [0.15, 0.2) is 46.8 Å². The SMILES string of the molecule is COc1ccc(C(CCSc2nc3cc(C)ccc3s2)S(N)(=O)=O)cc1. The number of primary sulfonamides is 1. The van der Waals surface area contributed by atoms with E-state index in [4.69, 9.17) is 9.88 Å². The highest BCUT2D eigenvalue weighted by Crippen LogP contribution is 2.33. The maximum absolute atomic E-state index is 12.0. The van der Waals surface area contributed by atoms with Gasteiger partial charge >= 0.3 is 0 Å². The summed E-state index contributed by atoms with van der Waals surface area (Å²) in [4.78, 5) is 4.61. The Labute approximate surface area is 161 Å². The number of fused-ring (bicyclic) bond motifs is 1. The zero-order valence-electron chi connectivity index (χ0n) is 14.5. The molecule has 3 rings (SSSR count). The maximum Gasteiger partial charge on any atom is 0.216 e. The normalized spacial score (nSPS) is 13.0. The van der Waals surface area contributed by atoms with Crippen LogP contribution in [0.4, 0.5) is 0 Å². The summed E-state index contributed by atoms with van der Waals surface area (Å²) in [7, 11) is -2.12. The average molecular weight is 409 g/mol. The Morgan fingerprint density at radius 3 is 2.62 bits per heavy atom. The van der Waals surface area contributed by atoms with Crippen LogP contribution in [-0.4, -0.2) is 26.3 Å². The van der Waals surface area contributed by atoms with Gasteiger partial charge in [-0.15, -0.1) is 11.3 Å². The molecule has 2 N–H and O–H groups in total. The summed E-state index contributed by atoms with van der Waals surface area (Å²) in [5, 5.41) is 4.72. The van der Waals surface area contributed by atoms with E-state index in [1.165, 1.54) is 5.56 Å². The Bertz CT molecular complexity index is 998. The van der Waals surface area contributed by atoms with Crippen molar-refractivity contribution in [3.8, 4) is 5.75 Å². The molecule has 0 amide bonds. The molecule has 8 heteroatoms. The number of nitrogens with zero attached hydrogens (tertiary/aromatic N) is 1. The molecule has 1 atom stereocenters. The van der Waals surface area contributed by atoms with Gasteiger partial charge in [-0.2, -0.15) is 0 Å². The van der Waals surface area contributed by atoms with Crippen LogP contribution in [0.5, 0.6) is 5.75 Å². The second-order valence-corrected chi connectivity index (χ2v) is 10.1. The number of thioether (sulfide) groups is 1. The first-order chi connectivity index (χ1) is 12.4. The summed E-state index contributed by atoms with van der Waals surface area (Å²) < 4.78 is 31.3. The zero-order valence-corrected chi connectivity index (χ0v) is 17.0. The first kappa shape index (κ1) is 19.2. The van der Waals surface area contributed by atoms with E-state index >= 15 is 0 Å². The fraction of sp³-hybridized carbons (Fsp3) is 0.278. The molecule has 1 unspecified atom stereocenters. The minimum absolute atomic E-state index is 0.421. The van der Waals surface area contributed by atoms with Crippen LogP contribution in [0.2, 0.25) is 0 Å². The van der Waals surface area contributed by atoms with Gasteiger partial charge in [0.05, 0.1) is 17.3 Å². The van der Waals surface area contributed by atoms with Gasteiger partial charge in [0.1, 0.15) is 11.0 Å². The molecule has 138 valence electrons. The monoisotopic (exact) mass is 408 g/mol. The van der Waals surface area contributed by atoms with Gasteiger partial charge in [0.15, 0.2) is 4.34 Å². The minimum Gasteiger partial charge on any atom is -0.497 e. The van der Waals surface area contributed by atoms with Crippen molar-refractivity contribution in [1.29, 1.82) is 0 Å². The van der Waals surface area contributed by atoms with E-state index in [2.05, 4.69) is 23.2 Å². The Morgan fingerprint density at radius 2 is 1.96 bits per heavy atom. The number of aryl methyl sites for hydroxylation is 1. The molecule has 0 aliphatic rings. The molecular weight excluding hydrogens is 388 g/mol. The predicted molar refractivity (Wildman–Crippen MR) is 109 cm³/mol. The third-order valence-corrected chi connectivity index (χ3v) is 7.53. The molecule has 5 nitrogen and oxygen atoms in total. The van der Waals surface area contributed by atoms with Crippen molar-refractivity contribution in [3.63, 3.8) is 0 Å². The van der Waals surface area contributed by atoms with Crippen molar-refractivity contribution in [1.82, 2.24) is 4.98 Å². The lowest BCUT2D eigenvalue weighted by Crippen LogP contribution is -2.22. The Hall–Kier alpha value is -1.61. The van der Waals surface area contributed by atoms with Crippen molar-refractivity contribution in [2.45, 2.75) is 22.9 Å². The number of hydrogen-bond acceptors (Lipinski definition) is 6. The van der Waals surface area contributed by atoms with E-state index in [1.807, 2.05) is 6.92 Å². The third-order valence-electron chi connectivity index (χ3n) is 4.01. The molecule has 0 saturated heterocycles. The number of thiazole rings is 1. The molecule has 1 heterocycles. The Balaban J connectivity index is 1.71. The fourth-order valence-corrected chi connectivity index (χ4v) is 5.93.